The summed E-state index contributed by atoms with van der Waals surface area (Å²) in [6, 6.07) is 9.58. The zero-order valence-electron chi connectivity index (χ0n) is 11.4. The average Bonchev–Trinajstić information content (AvgIpc) is 2.42. The van der Waals surface area contributed by atoms with Crippen molar-refractivity contribution in [3.63, 3.8) is 0 Å². The predicted octanol–water partition coefficient (Wildman–Crippen LogP) is 4.12. The van der Waals surface area contributed by atoms with E-state index < -0.39 is 0 Å². The zero-order valence-corrected chi connectivity index (χ0v) is 11.4. The van der Waals surface area contributed by atoms with Gasteiger partial charge in [0.25, 0.3) is 0 Å². The molecule has 0 amide bonds. The van der Waals surface area contributed by atoms with Gasteiger partial charge in [0.15, 0.2) is 6.29 Å². The van der Waals surface area contributed by atoms with E-state index in [1.807, 2.05) is 19.1 Å². The van der Waals surface area contributed by atoms with Crippen molar-refractivity contribution in [3.05, 3.63) is 53.2 Å². The SMILES string of the molecule is Cc1ccc(C(C)C)cc1Oc1ccc(C=O)cn1. The van der Waals surface area contributed by atoms with Crippen molar-refractivity contribution in [1.82, 2.24) is 4.98 Å². The number of pyridine rings is 1. The van der Waals surface area contributed by atoms with Gasteiger partial charge in [0.05, 0.1) is 0 Å². The monoisotopic (exact) mass is 255 g/mol. The largest absolute Gasteiger partial charge is 0.439 e. The molecule has 98 valence electrons. The van der Waals surface area contributed by atoms with E-state index >= 15 is 0 Å². The van der Waals surface area contributed by atoms with Gasteiger partial charge in [-0.3, -0.25) is 4.79 Å². The molecule has 0 saturated carbocycles. The first-order valence-electron chi connectivity index (χ1n) is 6.30. The quantitative estimate of drug-likeness (QED) is 0.771. The first-order chi connectivity index (χ1) is 9.10. The van der Waals surface area contributed by atoms with Gasteiger partial charge in [0.2, 0.25) is 5.88 Å². The van der Waals surface area contributed by atoms with Gasteiger partial charge < -0.3 is 4.74 Å². The molecule has 0 radical (unpaired) electrons. The van der Waals surface area contributed by atoms with Crippen molar-refractivity contribution in [2.45, 2.75) is 26.7 Å². The molecular weight excluding hydrogens is 238 g/mol. The number of nitrogens with zero attached hydrogens (tertiary/aromatic N) is 1. The average molecular weight is 255 g/mol. The minimum atomic E-state index is 0.452. The highest BCUT2D eigenvalue weighted by atomic mass is 16.5. The number of carbonyl (C=O) groups is 1. The molecular formula is C16H17NO2. The van der Waals surface area contributed by atoms with E-state index in [2.05, 4.69) is 24.9 Å². The molecule has 19 heavy (non-hydrogen) atoms. The van der Waals surface area contributed by atoms with Crippen LogP contribution < -0.4 is 4.74 Å². The van der Waals surface area contributed by atoms with Crippen LogP contribution in [0.5, 0.6) is 11.6 Å². The van der Waals surface area contributed by atoms with Crippen molar-refractivity contribution in [3.8, 4) is 11.6 Å². The van der Waals surface area contributed by atoms with E-state index in [0.717, 1.165) is 17.6 Å². The summed E-state index contributed by atoms with van der Waals surface area (Å²) in [5.74, 6) is 1.75. The smallest absolute Gasteiger partial charge is 0.219 e. The van der Waals surface area contributed by atoms with E-state index in [0.29, 0.717) is 17.4 Å². The van der Waals surface area contributed by atoms with Crippen molar-refractivity contribution < 1.29 is 9.53 Å². The molecule has 0 N–H and O–H groups in total. The van der Waals surface area contributed by atoms with Crippen LogP contribution in [-0.2, 0) is 0 Å². The summed E-state index contributed by atoms with van der Waals surface area (Å²) in [6.07, 6.45) is 2.27. The Morgan fingerprint density at radius 1 is 1.21 bits per heavy atom. The number of rotatable bonds is 4. The van der Waals surface area contributed by atoms with Gasteiger partial charge in [-0.25, -0.2) is 4.98 Å². The Balaban J connectivity index is 2.26. The molecule has 2 aromatic rings. The number of aromatic nitrogens is 1. The van der Waals surface area contributed by atoms with Gasteiger partial charge in [-0.1, -0.05) is 26.0 Å². The lowest BCUT2D eigenvalue weighted by Crippen LogP contribution is -1.94. The van der Waals surface area contributed by atoms with Crippen LogP contribution >= 0.6 is 0 Å². The summed E-state index contributed by atoms with van der Waals surface area (Å²) < 4.78 is 5.77. The van der Waals surface area contributed by atoms with Crippen molar-refractivity contribution in [2.24, 2.45) is 0 Å². The number of aldehydes is 1. The minimum absolute atomic E-state index is 0.452. The second-order valence-corrected chi connectivity index (χ2v) is 4.83. The summed E-state index contributed by atoms with van der Waals surface area (Å²) in [5.41, 5.74) is 2.83. The van der Waals surface area contributed by atoms with E-state index in [4.69, 9.17) is 4.74 Å². The van der Waals surface area contributed by atoms with Gasteiger partial charge in [0, 0.05) is 17.8 Å². The van der Waals surface area contributed by atoms with Gasteiger partial charge in [-0.15, -0.1) is 0 Å². The van der Waals surface area contributed by atoms with E-state index in [1.54, 1.807) is 12.1 Å². The number of hydrogen-bond acceptors (Lipinski definition) is 3. The lowest BCUT2D eigenvalue weighted by atomic mass is 10.0. The van der Waals surface area contributed by atoms with Crippen molar-refractivity contribution in [1.29, 1.82) is 0 Å². The van der Waals surface area contributed by atoms with Crippen LogP contribution in [0.1, 0.15) is 41.3 Å². The van der Waals surface area contributed by atoms with E-state index in [-0.39, 0.29) is 0 Å². The third-order valence-corrected chi connectivity index (χ3v) is 2.99. The van der Waals surface area contributed by atoms with Crippen LogP contribution in [0.15, 0.2) is 36.5 Å². The standard InChI is InChI=1S/C16H17NO2/c1-11(2)14-6-4-12(3)15(8-14)19-16-7-5-13(10-18)9-17-16/h4-11H,1-3H3. The maximum absolute atomic E-state index is 10.6. The van der Waals surface area contributed by atoms with E-state index in [1.165, 1.54) is 11.8 Å². The highest BCUT2D eigenvalue weighted by Crippen LogP contribution is 2.27. The normalized spacial score (nSPS) is 10.5. The molecule has 2 rings (SSSR count). The molecule has 0 spiro atoms. The first-order valence-corrected chi connectivity index (χ1v) is 6.30. The highest BCUT2D eigenvalue weighted by Gasteiger charge is 2.06. The Bertz CT molecular complexity index is 574. The third kappa shape index (κ3) is 3.19. The predicted molar refractivity (Wildman–Crippen MR) is 75.0 cm³/mol. The number of carbonyl (C=O) groups excluding carboxylic acids is 1. The lowest BCUT2D eigenvalue weighted by molar-refractivity contribution is 0.112. The fourth-order valence-electron chi connectivity index (χ4n) is 1.72. The lowest BCUT2D eigenvalue weighted by Gasteiger charge is -2.11. The first kappa shape index (κ1) is 13.3. The summed E-state index contributed by atoms with van der Waals surface area (Å²) in [4.78, 5) is 14.7. The maximum Gasteiger partial charge on any atom is 0.219 e. The molecule has 1 aromatic heterocycles. The van der Waals surface area contributed by atoms with Gasteiger partial charge in [0.1, 0.15) is 5.75 Å². The van der Waals surface area contributed by atoms with E-state index in [9.17, 15) is 4.79 Å². The molecule has 3 heteroatoms. The molecule has 0 aliphatic carbocycles. The second kappa shape index (κ2) is 5.65. The summed E-state index contributed by atoms with van der Waals surface area (Å²) in [5, 5.41) is 0. The van der Waals surface area contributed by atoms with Crippen molar-refractivity contribution in [2.75, 3.05) is 0 Å². The molecule has 0 unspecified atom stereocenters. The Hall–Kier alpha value is -2.16. The maximum atomic E-state index is 10.6. The summed E-state index contributed by atoms with van der Waals surface area (Å²) in [7, 11) is 0. The molecule has 0 aliphatic rings. The molecule has 0 aliphatic heterocycles. The molecule has 0 saturated heterocycles. The fraction of sp³-hybridized carbons (Fsp3) is 0.250. The van der Waals surface area contributed by atoms with Crippen LogP contribution in [0.2, 0.25) is 0 Å². The molecule has 0 fully saturated rings. The number of benzene rings is 1. The van der Waals surface area contributed by atoms with Gasteiger partial charge in [-0.05, 0) is 36.1 Å². The number of hydrogen-bond donors (Lipinski definition) is 0. The summed E-state index contributed by atoms with van der Waals surface area (Å²) in [6.45, 7) is 6.29. The highest BCUT2D eigenvalue weighted by molar-refractivity contribution is 5.74. The number of aryl methyl sites for hydroxylation is 1. The van der Waals surface area contributed by atoms with Crippen LogP contribution in [0, 0.1) is 6.92 Å². The van der Waals surface area contributed by atoms with Gasteiger partial charge in [-0.2, -0.15) is 0 Å². The minimum Gasteiger partial charge on any atom is -0.439 e. The third-order valence-electron chi connectivity index (χ3n) is 2.99. The molecule has 1 aromatic carbocycles. The summed E-state index contributed by atoms with van der Waals surface area (Å²) >= 11 is 0. The zero-order chi connectivity index (χ0) is 13.8. The topological polar surface area (TPSA) is 39.2 Å². The molecule has 0 atom stereocenters. The number of ether oxygens (including phenoxy) is 1. The Morgan fingerprint density at radius 2 is 2.00 bits per heavy atom. The molecule has 3 nitrogen and oxygen atoms in total. The molecule has 0 bridgehead atoms. The Kier molecular flexibility index (Phi) is 3.95. The van der Waals surface area contributed by atoms with Crippen LogP contribution in [0.25, 0.3) is 0 Å². The fourth-order valence-corrected chi connectivity index (χ4v) is 1.72. The van der Waals surface area contributed by atoms with Crippen LogP contribution in [0.4, 0.5) is 0 Å². The Morgan fingerprint density at radius 3 is 2.58 bits per heavy atom. The van der Waals surface area contributed by atoms with Gasteiger partial charge >= 0.3 is 0 Å². The van der Waals surface area contributed by atoms with Crippen molar-refractivity contribution >= 4 is 6.29 Å². The second-order valence-electron chi connectivity index (χ2n) is 4.83. The van der Waals surface area contributed by atoms with Crippen LogP contribution in [0.3, 0.4) is 0 Å². The van der Waals surface area contributed by atoms with Crippen LogP contribution in [-0.4, -0.2) is 11.3 Å². The molecule has 1 heterocycles. The Labute approximate surface area is 113 Å².